The molecule has 1 saturated carbocycles. The lowest BCUT2D eigenvalue weighted by atomic mass is 10.0. The van der Waals surface area contributed by atoms with Gasteiger partial charge in [0.05, 0.1) is 10.2 Å². The van der Waals surface area contributed by atoms with Gasteiger partial charge in [-0.3, -0.25) is 0 Å². The first-order valence-corrected chi connectivity index (χ1v) is 7.41. The topological polar surface area (TPSA) is 45.1 Å². The van der Waals surface area contributed by atoms with Gasteiger partial charge in [-0.25, -0.2) is 4.98 Å². The number of fused-ring (bicyclic) bond motifs is 1. The summed E-state index contributed by atoms with van der Waals surface area (Å²) in [6, 6.07) is 8.72. The van der Waals surface area contributed by atoms with Gasteiger partial charge in [0.15, 0.2) is 5.13 Å². The molecular weight excluding hydrogens is 244 g/mol. The summed E-state index contributed by atoms with van der Waals surface area (Å²) in [5.41, 5.74) is 1.07. The summed E-state index contributed by atoms with van der Waals surface area (Å²) in [6.07, 6.45) is 4.58. The number of aliphatic hydroxyl groups excluding tert-OH is 1. The Bertz CT molecular complexity index is 492. The Morgan fingerprint density at radius 3 is 3.06 bits per heavy atom. The lowest BCUT2D eigenvalue weighted by Crippen LogP contribution is -2.24. The highest BCUT2D eigenvalue weighted by Crippen LogP contribution is 2.33. The first-order chi connectivity index (χ1) is 8.86. The van der Waals surface area contributed by atoms with Crippen LogP contribution in [0, 0.1) is 5.92 Å². The molecule has 0 saturated heterocycles. The third kappa shape index (κ3) is 2.35. The molecule has 3 nitrogen and oxygen atoms in total. The summed E-state index contributed by atoms with van der Waals surface area (Å²) in [7, 11) is 0. The quantitative estimate of drug-likeness (QED) is 0.889. The van der Waals surface area contributed by atoms with Crippen molar-refractivity contribution in [2.45, 2.75) is 31.7 Å². The zero-order chi connectivity index (χ0) is 12.4. The number of anilines is 1. The number of thiazole rings is 1. The minimum absolute atomic E-state index is 0.294. The van der Waals surface area contributed by atoms with Gasteiger partial charge in [0.25, 0.3) is 0 Å². The third-order valence-corrected chi connectivity index (χ3v) is 4.73. The molecule has 1 aromatic heterocycles. The molecule has 96 valence electrons. The fourth-order valence-corrected chi connectivity index (χ4v) is 3.76. The van der Waals surface area contributed by atoms with Crippen LogP contribution in [0.4, 0.5) is 5.13 Å². The average Bonchev–Trinajstić information content (AvgIpc) is 2.97. The summed E-state index contributed by atoms with van der Waals surface area (Å²) >= 11 is 1.72. The standard InChI is InChI=1S/C14H18N2OS/c17-9-8-10-4-3-6-11(10)15-14-16-12-5-1-2-7-13(12)18-14/h1-2,5,7,10-11,17H,3-4,6,8-9H2,(H,15,16). The van der Waals surface area contributed by atoms with Crippen LogP contribution in [0.1, 0.15) is 25.7 Å². The van der Waals surface area contributed by atoms with E-state index in [9.17, 15) is 0 Å². The molecule has 2 atom stereocenters. The maximum atomic E-state index is 9.08. The van der Waals surface area contributed by atoms with Crippen LogP contribution < -0.4 is 5.32 Å². The highest BCUT2D eigenvalue weighted by atomic mass is 32.1. The Labute approximate surface area is 111 Å². The number of nitrogens with one attached hydrogen (secondary N) is 1. The van der Waals surface area contributed by atoms with E-state index in [-0.39, 0.29) is 0 Å². The Hall–Kier alpha value is -1.13. The van der Waals surface area contributed by atoms with Gasteiger partial charge < -0.3 is 10.4 Å². The first-order valence-electron chi connectivity index (χ1n) is 6.60. The number of benzene rings is 1. The van der Waals surface area contributed by atoms with Gasteiger partial charge in [0.2, 0.25) is 0 Å². The Morgan fingerprint density at radius 2 is 2.22 bits per heavy atom. The zero-order valence-corrected chi connectivity index (χ0v) is 11.1. The van der Waals surface area contributed by atoms with E-state index in [1.807, 2.05) is 6.07 Å². The predicted octanol–water partition coefficient (Wildman–Crippen LogP) is 3.26. The second-order valence-electron chi connectivity index (χ2n) is 4.94. The SMILES string of the molecule is OCCC1CCCC1Nc1nc2ccccc2s1. The Kier molecular flexibility index (Phi) is 3.48. The molecule has 1 heterocycles. The van der Waals surface area contributed by atoms with E-state index in [1.54, 1.807) is 11.3 Å². The number of hydrogen-bond donors (Lipinski definition) is 2. The molecule has 2 N–H and O–H groups in total. The molecule has 1 aliphatic rings. The van der Waals surface area contributed by atoms with E-state index in [0.717, 1.165) is 17.1 Å². The molecule has 2 aromatic rings. The molecule has 0 amide bonds. The summed E-state index contributed by atoms with van der Waals surface area (Å²) in [6.45, 7) is 0.294. The van der Waals surface area contributed by atoms with E-state index < -0.39 is 0 Å². The highest BCUT2D eigenvalue weighted by Gasteiger charge is 2.27. The maximum absolute atomic E-state index is 9.08. The Morgan fingerprint density at radius 1 is 1.33 bits per heavy atom. The van der Waals surface area contributed by atoms with Crippen molar-refractivity contribution in [1.82, 2.24) is 4.98 Å². The number of hydrogen-bond acceptors (Lipinski definition) is 4. The molecule has 0 radical (unpaired) electrons. The van der Waals surface area contributed by atoms with Crippen molar-refractivity contribution in [3.63, 3.8) is 0 Å². The van der Waals surface area contributed by atoms with E-state index in [1.165, 1.54) is 24.0 Å². The predicted molar refractivity (Wildman–Crippen MR) is 76.1 cm³/mol. The van der Waals surface area contributed by atoms with Crippen molar-refractivity contribution in [3.05, 3.63) is 24.3 Å². The third-order valence-electron chi connectivity index (χ3n) is 3.76. The molecule has 18 heavy (non-hydrogen) atoms. The zero-order valence-electron chi connectivity index (χ0n) is 10.3. The second-order valence-corrected chi connectivity index (χ2v) is 5.97. The molecule has 1 fully saturated rings. The van der Waals surface area contributed by atoms with Gasteiger partial charge in [-0.1, -0.05) is 29.9 Å². The van der Waals surface area contributed by atoms with Crippen molar-refractivity contribution >= 4 is 26.7 Å². The normalized spacial score (nSPS) is 23.6. The van der Waals surface area contributed by atoms with E-state index >= 15 is 0 Å². The minimum atomic E-state index is 0.294. The maximum Gasteiger partial charge on any atom is 0.184 e. The minimum Gasteiger partial charge on any atom is -0.396 e. The van der Waals surface area contributed by atoms with E-state index in [4.69, 9.17) is 5.11 Å². The summed E-state index contributed by atoms with van der Waals surface area (Å²) in [5, 5.41) is 13.7. The molecule has 1 aromatic carbocycles. The molecule has 0 bridgehead atoms. The molecule has 0 aliphatic heterocycles. The molecule has 2 unspecified atom stereocenters. The smallest absolute Gasteiger partial charge is 0.184 e. The van der Waals surface area contributed by atoms with Crippen LogP contribution in [-0.2, 0) is 0 Å². The van der Waals surface area contributed by atoms with E-state index in [0.29, 0.717) is 18.6 Å². The van der Waals surface area contributed by atoms with Gasteiger partial charge in [0.1, 0.15) is 0 Å². The number of rotatable bonds is 4. The molecule has 1 aliphatic carbocycles. The average molecular weight is 262 g/mol. The largest absolute Gasteiger partial charge is 0.396 e. The van der Waals surface area contributed by atoms with E-state index in [2.05, 4.69) is 28.5 Å². The second kappa shape index (κ2) is 5.24. The Balaban J connectivity index is 1.75. The van der Waals surface area contributed by atoms with Crippen molar-refractivity contribution < 1.29 is 5.11 Å². The van der Waals surface area contributed by atoms with Crippen LogP contribution >= 0.6 is 11.3 Å². The summed E-state index contributed by atoms with van der Waals surface area (Å²) in [4.78, 5) is 4.62. The van der Waals surface area contributed by atoms with Crippen LogP contribution in [0.2, 0.25) is 0 Å². The summed E-state index contributed by atoms with van der Waals surface area (Å²) < 4.78 is 1.23. The number of para-hydroxylation sites is 1. The fourth-order valence-electron chi connectivity index (χ4n) is 2.83. The lowest BCUT2D eigenvalue weighted by Gasteiger charge is -2.19. The fraction of sp³-hybridized carbons (Fsp3) is 0.500. The van der Waals surface area contributed by atoms with Gasteiger partial charge in [-0.2, -0.15) is 0 Å². The van der Waals surface area contributed by atoms with Gasteiger partial charge in [-0.05, 0) is 37.3 Å². The lowest BCUT2D eigenvalue weighted by molar-refractivity contribution is 0.254. The van der Waals surface area contributed by atoms with Crippen LogP contribution in [-0.4, -0.2) is 22.7 Å². The van der Waals surface area contributed by atoms with Crippen LogP contribution in [0.25, 0.3) is 10.2 Å². The van der Waals surface area contributed by atoms with Crippen LogP contribution in [0.15, 0.2) is 24.3 Å². The van der Waals surface area contributed by atoms with Crippen molar-refractivity contribution in [2.24, 2.45) is 5.92 Å². The molecule has 0 spiro atoms. The summed E-state index contributed by atoms with van der Waals surface area (Å²) in [5.74, 6) is 0.599. The van der Waals surface area contributed by atoms with Gasteiger partial charge >= 0.3 is 0 Å². The van der Waals surface area contributed by atoms with Gasteiger partial charge in [-0.15, -0.1) is 0 Å². The highest BCUT2D eigenvalue weighted by molar-refractivity contribution is 7.22. The van der Waals surface area contributed by atoms with Crippen molar-refractivity contribution in [1.29, 1.82) is 0 Å². The van der Waals surface area contributed by atoms with Crippen molar-refractivity contribution in [3.8, 4) is 0 Å². The number of nitrogens with zero attached hydrogens (tertiary/aromatic N) is 1. The van der Waals surface area contributed by atoms with Crippen LogP contribution in [0.5, 0.6) is 0 Å². The first kappa shape index (κ1) is 11.9. The number of aromatic nitrogens is 1. The monoisotopic (exact) mass is 262 g/mol. The molecule has 4 heteroatoms. The van der Waals surface area contributed by atoms with Crippen molar-refractivity contribution in [2.75, 3.05) is 11.9 Å². The molecule has 3 rings (SSSR count). The number of aliphatic hydroxyl groups is 1. The molecular formula is C14H18N2OS. The van der Waals surface area contributed by atoms with Crippen LogP contribution in [0.3, 0.4) is 0 Å². The van der Waals surface area contributed by atoms with Gasteiger partial charge in [0, 0.05) is 12.6 Å².